The summed E-state index contributed by atoms with van der Waals surface area (Å²) in [4.78, 5) is 10.0. The van der Waals surface area contributed by atoms with E-state index in [1.54, 1.807) is 0 Å². The van der Waals surface area contributed by atoms with Gasteiger partial charge >= 0.3 is 0 Å². The average molecular weight is 348 g/mol. The summed E-state index contributed by atoms with van der Waals surface area (Å²) in [7, 11) is -3.69. The van der Waals surface area contributed by atoms with Crippen molar-refractivity contribution >= 4 is 21.2 Å². The Bertz CT molecular complexity index is 882. The Kier molecular flexibility index (Phi) is 4.94. The summed E-state index contributed by atoms with van der Waals surface area (Å²) in [6.07, 6.45) is 0.966. The van der Waals surface area contributed by atoms with Gasteiger partial charge in [-0.3, -0.25) is 10.1 Å². The van der Waals surface area contributed by atoms with E-state index in [9.17, 15) is 18.5 Å². The van der Waals surface area contributed by atoms with Crippen LogP contribution in [0.15, 0.2) is 35.2 Å². The summed E-state index contributed by atoms with van der Waals surface area (Å²) in [6, 6.07) is 8.22. The number of benzene rings is 2. The number of aryl methyl sites for hydroxylation is 3. The first kappa shape index (κ1) is 17.9. The molecule has 0 radical (unpaired) electrons. The molecule has 0 aromatic heterocycles. The van der Waals surface area contributed by atoms with E-state index in [2.05, 4.69) is 17.4 Å². The monoisotopic (exact) mass is 348 g/mol. The normalized spacial score (nSPS) is 11.3. The van der Waals surface area contributed by atoms with Crippen LogP contribution in [0, 0.1) is 30.9 Å². The van der Waals surface area contributed by atoms with E-state index in [4.69, 9.17) is 0 Å². The number of sulfone groups is 1. The number of rotatable bonds is 5. The van der Waals surface area contributed by atoms with E-state index < -0.39 is 20.4 Å². The molecule has 0 fully saturated rings. The minimum absolute atomic E-state index is 0.283. The Labute approximate surface area is 141 Å². The number of nitro groups is 1. The van der Waals surface area contributed by atoms with Crippen LogP contribution < -0.4 is 5.32 Å². The van der Waals surface area contributed by atoms with Crippen LogP contribution in [0.2, 0.25) is 0 Å². The lowest BCUT2D eigenvalue weighted by atomic mass is 10.00. The fraction of sp³-hybridized carbons (Fsp3) is 0.294. The Hall–Kier alpha value is -2.41. The number of hydrogen-bond donors (Lipinski definition) is 1. The van der Waals surface area contributed by atoms with Crippen molar-refractivity contribution in [2.24, 2.45) is 0 Å². The SMILES string of the molecule is Cc1cc(C)c(CNc2ccc([N+](=O)[O-])c(S(C)(=O)=O)c2)c(C)c1. The molecule has 0 saturated carbocycles. The van der Waals surface area contributed by atoms with Gasteiger partial charge in [-0.15, -0.1) is 0 Å². The molecule has 0 aliphatic rings. The first-order chi connectivity index (χ1) is 11.1. The third kappa shape index (κ3) is 3.91. The molecule has 0 saturated heterocycles. The maximum Gasteiger partial charge on any atom is 0.288 e. The molecule has 0 unspecified atom stereocenters. The molecular formula is C17H20N2O4S. The van der Waals surface area contributed by atoms with Gasteiger partial charge in [0.05, 0.1) is 4.92 Å². The van der Waals surface area contributed by atoms with Crippen molar-refractivity contribution in [3.05, 3.63) is 62.7 Å². The predicted octanol–water partition coefficient (Wildman–Crippen LogP) is 3.54. The molecule has 2 rings (SSSR count). The highest BCUT2D eigenvalue weighted by atomic mass is 32.2. The zero-order valence-corrected chi connectivity index (χ0v) is 14.9. The minimum Gasteiger partial charge on any atom is -0.381 e. The lowest BCUT2D eigenvalue weighted by molar-refractivity contribution is -0.387. The van der Waals surface area contributed by atoms with E-state index >= 15 is 0 Å². The number of nitrogens with one attached hydrogen (secondary N) is 1. The molecule has 128 valence electrons. The second-order valence-electron chi connectivity index (χ2n) is 5.94. The van der Waals surface area contributed by atoms with Crippen molar-refractivity contribution in [1.29, 1.82) is 0 Å². The molecular weight excluding hydrogens is 328 g/mol. The Morgan fingerprint density at radius 1 is 1.08 bits per heavy atom. The molecule has 0 atom stereocenters. The lowest BCUT2D eigenvalue weighted by Gasteiger charge is -2.14. The molecule has 0 spiro atoms. The van der Waals surface area contributed by atoms with E-state index in [0.29, 0.717) is 12.2 Å². The standard InChI is InChI=1S/C17H20N2O4S/c1-11-7-12(2)15(13(3)8-11)10-18-14-5-6-16(19(20)21)17(9-14)24(4,22)23/h5-9,18H,10H2,1-4H3. The average Bonchev–Trinajstić information content (AvgIpc) is 2.44. The van der Waals surface area contributed by atoms with Crippen LogP contribution >= 0.6 is 0 Å². The van der Waals surface area contributed by atoms with Gasteiger partial charge in [0.2, 0.25) is 0 Å². The fourth-order valence-electron chi connectivity index (χ4n) is 2.75. The van der Waals surface area contributed by atoms with Crippen molar-refractivity contribution in [3.8, 4) is 0 Å². The molecule has 0 aliphatic heterocycles. The molecule has 1 N–H and O–H groups in total. The highest BCUT2D eigenvalue weighted by Gasteiger charge is 2.22. The van der Waals surface area contributed by atoms with Gasteiger partial charge in [-0.05, 0) is 49.6 Å². The van der Waals surface area contributed by atoms with E-state index in [1.807, 2.05) is 20.8 Å². The highest BCUT2D eigenvalue weighted by Crippen LogP contribution is 2.27. The first-order valence-electron chi connectivity index (χ1n) is 7.38. The summed E-state index contributed by atoms with van der Waals surface area (Å²) in [5.41, 5.74) is 4.71. The fourth-order valence-corrected chi connectivity index (χ4v) is 3.61. The van der Waals surface area contributed by atoms with Crippen molar-refractivity contribution < 1.29 is 13.3 Å². The highest BCUT2D eigenvalue weighted by molar-refractivity contribution is 7.90. The van der Waals surface area contributed by atoms with Gasteiger partial charge in [0, 0.05) is 24.6 Å². The summed E-state index contributed by atoms with van der Waals surface area (Å²) in [5, 5.41) is 14.2. The largest absolute Gasteiger partial charge is 0.381 e. The van der Waals surface area contributed by atoms with Crippen LogP contribution in [0.25, 0.3) is 0 Å². The van der Waals surface area contributed by atoms with Crippen molar-refractivity contribution in [2.45, 2.75) is 32.2 Å². The molecule has 0 heterocycles. The molecule has 7 heteroatoms. The Balaban J connectivity index is 2.34. The second-order valence-corrected chi connectivity index (χ2v) is 7.93. The maximum absolute atomic E-state index is 11.8. The Morgan fingerprint density at radius 2 is 1.67 bits per heavy atom. The lowest BCUT2D eigenvalue weighted by Crippen LogP contribution is -2.07. The number of nitrogens with zero attached hydrogens (tertiary/aromatic N) is 1. The minimum atomic E-state index is -3.69. The summed E-state index contributed by atoms with van der Waals surface area (Å²) < 4.78 is 23.6. The molecule has 2 aromatic rings. The van der Waals surface area contributed by atoms with Crippen molar-refractivity contribution in [2.75, 3.05) is 11.6 Å². The zero-order chi connectivity index (χ0) is 18.1. The van der Waals surface area contributed by atoms with Crippen LogP contribution in [0.4, 0.5) is 11.4 Å². The van der Waals surface area contributed by atoms with Gasteiger partial charge in [0.1, 0.15) is 4.90 Å². The van der Waals surface area contributed by atoms with Crippen molar-refractivity contribution in [3.63, 3.8) is 0 Å². The van der Waals surface area contributed by atoms with Gasteiger partial charge in [-0.2, -0.15) is 0 Å². The molecule has 2 aromatic carbocycles. The van der Waals surface area contributed by atoms with Crippen LogP contribution in [-0.4, -0.2) is 19.6 Å². The van der Waals surface area contributed by atoms with Gasteiger partial charge in [0.25, 0.3) is 5.69 Å². The zero-order valence-electron chi connectivity index (χ0n) is 14.1. The number of hydrogen-bond acceptors (Lipinski definition) is 5. The third-order valence-electron chi connectivity index (χ3n) is 3.87. The second kappa shape index (κ2) is 6.60. The molecule has 24 heavy (non-hydrogen) atoms. The van der Waals surface area contributed by atoms with Crippen LogP contribution in [0.5, 0.6) is 0 Å². The van der Waals surface area contributed by atoms with E-state index in [-0.39, 0.29) is 4.90 Å². The smallest absolute Gasteiger partial charge is 0.288 e. The molecule has 0 amide bonds. The van der Waals surface area contributed by atoms with E-state index in [1.165, 1.54) is 23.8 Å². The van der Waals surface area contributed by atoms with Gasteiger partial charge < -0.3 is 5.32 Å². The molecule has 6 nitrogen and oxygen atoms in total. The van der Waals surface area contributed by atoms with Gasteiger partial charge in [-0.1, -0.05) is 17.7 Å². The quantitative estimate of drug-likeness (QED) is 0.659. The van der Waals surface area contributed by atoms with Crippen LogP contribution in [0.1, 0.15) is 22.3 Å². The Morgan fingerprint density at radius 3 is 2.17 bits per heavy atom. The van der Waals surface area contributed by atoms with Gasteiger partial charge in [0.15, 0.2) is 9.84 Å². The molecule has 0 aliphatic carbocycles. The van der Waals surface area contributed by atoms with Crippen molar-refractivity contribution in [1.82, 2.24) is 0 Å². The third-order valence-corrected chi connectivity index (χ3v) is 4.99. The summed E-state index contributed by atoms with van der Waals surface area (Å²) >= 11 is 0. The van der Waals surface area contributed by atoms with Crippen LogP contribution in [0.3, 0.4) is 0 Å². The number of anilines is 1. The topological polar surface area (TPSA) is 89.3 Å². The first-order valence-corrected chi connectivity index (χ1v) is 9.28. The maximum atomic E-state index is 11.8. The number of nitro benzene ring substituents is 1. The van der Waals surface area contributed by atoms with E-state index in [0.717, 1.165) is 22.9 Å². The predicted molar refractivity (Wildman–Crippen MR) is 94.2 cm³/mol. The summed E-state index contributed by atoms with van der Waals surface area (Å²) in [5.74, 6) is 0. The van der Waals surface area contributed by atoms with Crippen LogP contribution in [-0.2, 0) is 16.4 Å². The molecule has 0 bridgehead atoms. The summed E-state index contributed by atoms with van der Waals surface area (Å²) in [6.45, 7) is 6.59. The van der Waals surface area contributed by atoms with Gasteiger partial charge in [-0.25, -0.2) is 8.42 Å².